The van der Waals surface area contributed by atoms with Crippen LogP contribution in [0.2, 0.25) is 0 Å². The Balaban J connectivity index is 0.000000163. The van der Waals surface area contributed by atoms with Crippen LogP contribution in [-0.4, -0.2) is 229 Å². The summed E-state index contributed by atoms with van der Waals surface area (Å²) in [6.45, 7) is 17.9. The number of benzene rings is 6. The SMILES string of the molecule is CC(C)(C)OC(=O)N1CCCC1c1ncc(-c2ccc3c(c2)COc2c-3ccc3cc(-c4cnc([C@@H]5CCCN5C(=O)OC(C)(C)C)[nH]4)ccc23)[nH]1.COC(=O)N[C@H](C(=O)N1CCCC1c1ncc(-c2ccc3c(c2)COc2c-3ccc3cc(-c4cnc([C@@H]5CCCN5C(=O)[C@@H](NC(=O)OC)C5CCOCC5)[nH]4)ccc23)[nH]1)C1CCOCC1.COC(=O)N[C@H](C(=O)O)C1CCOCC1. The number of H-pyrrole nitrogens is 4. The highest BCUT2D eigenvalue weighted by atomic mass is 16.6. The van der Waals surface area contributed by atoms with Crippen molar-refractivity contribution in [2.24, 2.45) is 17.8 Å². The minimum absolute atomic E-state index is 0.0376. The second-order valence-electron chi connectivity index (χ2n) is 37.4. The molecular formula is C99H117N15O19. The van der Waals surface area contributed by atoms with Gasteiger partial charge in [-0.1, -0.05) is 60.7 Å². The molecule has 7 fully saturated rings. The maximum atomic E-state index is 14.1. The first kappa shape index (κ1) is 91.8. The summed E-state index contributed by atoms with van der Waals surface area (Å²) < 4.78 is 54.7. The Morgan fingerprint density at radius 1 is 0.391 bits per heavy atom. The molecule has 9 aliphatic heterocycles. The first-order valence-electron chi connectivity index (χ1n) is 46.2. The molecule has 2 unspecified atom stereocenters. The molecule has 13 heterocycles. The van der Waals surface area contributed by atoms with Crippen LogP contribution in [0.1, 0.15) is 190 Å². The Morgan fingerprint density at radius 2 is 0.692 bits per heavy atom. The number of carbonyl (C=O) groups excluding carboxylic acids is 7. The summed E-state index contributed by atoms with van der Waals surface area (Å²) in [4.78, 5) is 141. The van der Waals surface area contributed by atoms with Gasteiger partial charge in [0.15, 0.2) is 0 Å². The van der Waals surface area contributed by atoms with E-state index in [1.807, 2.05) is 76.1 Å². The number of hydrogen-bond donors (Lipinski definition) is 8. The van der Waals surface area contributed by atoms with Gasteiger partial charge in [-0.2, -0.15) is 0 Å². The minimum atomic E-state index is -1.03. The van der Waals surface area contributed by atoms with Crippen LogP contribution in [-0.2, 0) is 65.5 Å². The number of imidazole rings is 4. The van der Waals surface area contributed by atoms with Gasteiger partial charge in [0, 0.05) is 98.8 Å². The van der Waals surface area contributed by atoms with E-state index < -0.39 is 53.6 Å². The van der Waals surface area contributed by atoms with Crippen molar-refractivity contribution in [2.75, 3.05) is 87.1 Å². The minimum Gasteiger partial charge on any atom is -0.488 e. The number of fused-ring (bicyclic) bond motifs is 10. The number of ether oxygens (including phenoxy) is 10. The van der Waals surface area contributed by atoms with Gasteiger partial charge in [0.25, 0.3) is 0 Å². The molecule has 0 saturated carbocycles. The fourth-order valence-electron chi connectivity index (χ4n) is 19.9. The van der Waals surface area contributed by atoms with Crippen molar-refractivity contribution in [2.45, 2.75) is 198 Å². The van der Waals surface area contributed by atoms with Crippen LogP contribution >= 0.6 is 0 Å². The number of methoxy groups -OCH3 is 3. The predicted octanol–water partition coefficient (Wildman–Crippen LogP) is 16.4. The molecule has 0 aliphatic carbocycles. The number of hydrogen-bond acceptors (Lipinski definition) is 22. The van der Waals surface area contributed by atoms with Crippen molar-refractivity contribution >= 4 is 69.8 Å². The van der Waals surface area contributed by atoms with Crippen molar-refractivity contribution in [1.29, 1.82) is 0 Å². The summed E-state index contributed by atoms with van der Waals surface area (Å²) in [6, 6.07) is 30.9. The number of likely N-dealkylation sites (tertiary alicyclic amines) is 4. The zero-order valence-corrected chi connectivity index (χ0v) is 76.6. The van der Waals surface area contributed by atoms with Crippen LogP contribution < -0.4 is 25.4 Å². The number of nitrogens with one attached hydrogen (secondary N) is 7. The number of aromatic amines is 4. The summed E-state index contributed by atoms with van der Waals surface area (Å²) in [7, 11) is 3.82. The molecule has 34 nitrogen and oxygen atoms in total. The molecule has 34 heteroatoms. The number of rotatable bonds is 17. The highest BCUT2D eigenvalue weighted by molar-refractivity contribution is 6.00. The maximum absolute atomic E-state index is 14.1. The lowest BCUT2D eigenvalue weighted by Gasteiger charge is -2.34. The second-order valence-corrected chi connectivity index (χ2v) is 37.4. The van der Waals surface area contributed by atoms with E-state index in [0.717, 1.165) is 186 Å². The van der Waals surface area contributed by atoms with E-state index in [4.69, 9.17) is 67.7 Å². The van der Waals surface area contributed by atoms with Crippen molar-refractivity contribution in [1.82, 2.24) is 75.4 Å². The van der Waals surface area contributed by atoms with Gasteiger partial charge in [0.05, 0.1) is 93.1 Å². The summed E-state index contributed by atoms with van der Waals surface area (Å²) in [5.74, 6) is 3.26. The smallest absolute Gasteiger partial charge is 0.410 e. The lowest BCUT2D eigenvalue weighted by Crippen LogP contribution is -2.53. The third kappa shape index (κ3) is 20.3. The molecule has 19 rings (SSSR count). The highest BCUT2D eigenvalue weighted by Gasteiger charge is 2.44. The average Bonchev–Trinajstić information content (AvgIpc) is 1.41. The van der Waals surface area contributed by atoms with Crippen molar-refractivity contribution in [3.05, 3.63) is 156 Å². The van der Waals surface area contributed by atoms with Gasteiger partial charge in [-0.05, 0) is 230 Å². The van der Waals surface area contributed by atoms with Crippen molar-refractivity contribution in [3.63, 3.8) is 0 Å². The van der Waals surface area contributed by atoms with E-state index in [1.165, 1.54) is 21.3 Å². The molecule has 7 amide bonds. The topological polar surface area (TPSA) is 413 Å². The largest absolute Gasteiger partial charge is 0.488 e. The van der Waals surface area contributed by atoms with E-state index in [2.05, 4.69) is 138 Å². The molecule has 10 aromatic rings. The molecule has 0 spiro atoms. The number of aromatic nitrogens is 8. The Labute approximate surface area is 770 Å². The van der Waals surface area contributed by atoms with Crippen LogP contribution in [0.15, 0.2) is 122 Å². The van der Waals surface area contributed by atoms with Gasteiger partial charge in [0.2, 0.25) is 11.8 Å². The summed E-state index contributed by atoms with van der Waals surface area (Å²) in [6.07, 6.45) is 15.5. The number of aliphatic carboxylic acids is 1. The quantitative estimate of drug-likeness (QED) is 0.0392. The fraction of sp³-hybridized carbons (Fsp3) is 0.475. The van der Waals surface area contributed by atoms with Crippen LogP contribution in [0, 0.1) is 17.8 Å². The number of amides is 7. The Hall–Kier alpha value is -13.1. The number of carbonyl (C=O) groups is 8. The van der Waals surface area contributed by atoms with Gasteiger partial charge >= 0.3 is 36.4 Å². The van der Waals surface area contributed by atoms with E-state index in [1.54, 1.807) is 9.80 Å². The van der Waals surface area contributed by atoms with Crippen LogP contribution in [0.25, 0.3) is 88.8 Å². The maximum Gasteiger partial charge on any atom is 0.410 e. The van der Waals surface area contributed by atoms with Gasteiger partial charge in [-0.25, -0.2) is 48.7 Å². The van der Waals surface area contributed by atoms with Crippen LogP contribution in [0.3, 0.4) is 0 Å². The Morgan fingerprint density at radius 3 is 1.02 bits per heavy atom. The monoisotopic (exact) mass is 1820 g/mol. The standard InChI is InChI=1S/C49H56N8O9.C41H46N6O5.C9H15NO5/c1-62-48(60)54-41(28-13-19-64-20-14-28)46(58)56-17-3-5-39(56)44-50-25-37(52-44)31-9-11-35-30(23-31)7-12-36-34-10-8-32(24-33(34)27-66-43(35)36)38-26-51-45(53-38)40-6-4-18-57(40)47(59)42(55-49(61)63-2)29-15-21-65-22-16-29;1-40(2,3)51-38(48)46-17-7-9-33(46)36-42-21-31(44-36)25-13-15-29-24(19-25)11-16-30-28-14-12-26(20-27(28)23-50-35(29)30)32-22-43-37(45-32)34-10-8-18-47(34)39(49)52-41(4,5)6;1-14-9(13)10-7(8(11)12)6-2-4-15-5-3-6/h7-12,23-26,28-29,39-42H,3-6,13-22,27H2,1-2H3,(H,50,52)(H,51,53)(H,54,60)(H,55,61);11-16,19-22,33-34H,7-10,17-18,23H2,1-6H3,(H,42,44)(H,43,45);6-7H,2-5H2,1H3,(H,10,13)(H,11,12)/t39-,40?,41-,42-;33-,34?;7-/m000/s1. The van der Waals surface area contributed by atoms with E-state index in [9.17, 15) is 38.4 Å². The molecule has 4 aromatic heterocycles. The molecule has 9 aliphatic rings. The molecule has 7 saturated heterocycles. The number of alkyl carbamates (subject to hydrolysis) is 3. The number of carboxylic acid groups (broad SMARTS) is 1. The molecule has 702 valence electrons. The zero-order valence-electron chi connectivity index (χ0n) is 76.6. The summed E-state index contributed by atoms with van der Waals surface area (Å²) in [5.41, 5.74) is 12.8. The summed E-state index contributed by atoms with van der Waals surface area (Å²) in [5, 5.41) is 21.1. The number of carboxylic acids is 1. The molecule has 0 radical (unpaired) electrons. The molecule has 133 heavy (non-hydrogen) atoms. The van der Waals surface area contributed by atoms with Gasteiger partial charge in [0.1, 0.15) is 77.3 Å². The van der Waals surface area contributed by atoms with Gasteiger partial charge in [-0.3, -0.25) is 19.4 Å². The predicted molar refractivity (Wildman–Crippen MR) is 491 cm³/mol. The normalized spacial score (nSPS) is 19.8. The third-order valence-electron chi connectivity index (χ3n) is 26.6. The first-order valence-corrected chi connectivity index (χ1v) is 46.2. The molecule has 0 bridgehead atoms. The summed E-state index contributed by atoms with van der Waals surface area (Å²) >= 11 is 0. The molecule has 6 aromatic carbocycles. The van der Waals surface area contributed by atoms with Crippen molar-refractivity contribution < 1.29 is 90.8 Å². The van der Waals surface area contributed by atoms with Crippen LogP contribution in [0.4, 0.5) is 24.0 Å². The zero-order chi connectivity index (χ0) is 92.9. The molecule has 8 N–H and O–H groups in total. The van der Waals surface area contributed by atoms with E-state index in [-0.39, 0.29) is 65.9 Å². The highest BCUT2D eigenvalue weighted by Crippen LogP contribution is 2.48. The number of nitrogens with zero attached hydrogens (tertiary/aromatic N) is 8. The fourth-order valence-corrected chi connectivity index (χ4v) is 19.9. The van der Waals surface area contributed by atoms with Gasteiger partial charge in [-0.15, -0.1) is 0 Å². The average molecular weight is 1820 g/mol. The van der Waals surface area contributed by atoms with Crippen LogP contribution in [0.5, 0.6) is 11.5 Å². The lowest BCUT2D eigenvalue weighted by atomic mass is 9.90. The first-order chi connectivity index (χ1) is 64.2. The molecular weight excluding hydrogens is 1700 g/mol. The third-order valence-corrected chi connectivity index (χ3v) is 26.6. The lowest BCUT2D eigenvalue weighted by molar-refractivity contribution is -0.142. The molecule has 7 atom stereocenters. The Bertz CT molecular complexity index is 5950. The van der Waals surface area contributed by atoms with Gasteiger partial charge < -0.3 is 98.2 Å². The Kier molecular flexibility index (Phi) is 27.4. The second kappa shape index (κ2) is 39.8. The van der Waals surface area contributed by atoms with E-state index >= 15 is 0 Å². The van der Waals surface area contributed by atoms with E-state index in [0.29, 0.717) is 118 Å². The van der Waals surface area contributed by atoms with Crippen molar-refractivity contribution in [3.8, 4) is 78.8 Å².